The number of halogens is 1. The maximum Gasteiger partial charge on any atom is 0.262 e. The third kappa shape index (κ3) is 4.58. The molecular weight excluding hydrogens is 332 g/mol. The molecule has 2 aromatic carbocycles. The van der Waals surface area contributed by atoms with Crippen LogP contribution >= 0.6 is 15.9 Å². The van der Waals surface area contributed by atoms with Gasteiger partial charge in [0.15, 0.2) is 6.61 Å². The SMILES string of the molecule is CC(N)c1ccccc1OCC(=O)Nc1cccc(Br)c1. The van der Waals surface area contributed by atoms with Crippen LogP contribution < -0.4 is 15.8 Å². The number of para-hydroxylation sites is 1. The topological polar surface area (TPSA) is 64.3 Å². The summed E-state index contributed by atoms with van der Waals surface area (Å²) in [6.07, 6.45) is 0. The van der Waals surface area contributed by atoms with Gasteiger partial charge in [-0.25, -0.2) is 0 Å². The molecule has 1 amide bonds. The van der Waals surface area contributed by atoms with E-state index in [9.17, 15) is 4.79 Å². The first-order valence-corrected chi connectivity index (χ1v) is 7.38. The third-order valence-electron chi connectivity index (χ3n) is 2.88. The first-order valence-electron chi connectivity index (χ1n) is 6.59. The van der Waals surface area contributed by atoms with Crippen LogP contribution in [0.5, 0.6) is 5.75 Å². The van der Waals surface area contributed by atoms with E-state index in [1.807, 2.05) is 55.5 Å². The van der Waals surface area contributed by atoms with Gasteiger partial charge in [0.05, 0.1) is 0 Å². The zero-order chi connectivity index (χ0) is 15.2. The molecule has 0 heterocycles. The number of benzene rings is 2. The molecule has 2 rings (SSSR count). The zero-order valence-electron chi connectivity index (χ0n) is 11.7. The minimum atomic E-state index is -0.215. The number of carbonyl (C=O) groups is 1. The summed E-state index contributed by atoms with van der Waals surface area (Å²) in [7, 11) is 0. The van der Waals surface area contributed by atoms with Gasteiger partial charge >= 0.3 is 0 Å². The lowest BCUT2D eigenvalue weighted by atomic mass is 10.1. The van der Waals surface area contributed by atoms with Crippen molar-refractivity contribution in [2.75, 3.05) is 11.9 Å². The number of nitrogens with two attached hydrogens (primary N) is 1. The lowest BCUT2D eigenvalue weighted by Crippen LogP contribution is -2.21. The molecule has 0 saturated heterocycles. The van der Waals surface area contributed by atoms with Gasteiger partial charge in [-0.15, -0.1) is 0 Å². The van der Waals surface area contributed by atoms with Crippen molar-refractivity contribution in [2.24, 2.45) is 5.73 Å². The summed E-state index contributed by atoms with van der Waals surface area (Å²) in [5.41, 5.74) is 7.48. The second-order valence-corrected chi connectivity index (χ2v) is 5.59. The molecule has 0 aliphatic rings. The number of rotatable bonds is 5. The average Bonchev–Trinajstić information content (AvgIpc) is 2.45. The Balaban J connectivity index is 1.95. The van der Waals surface area contributed by atoms with Crippen LogP contribution in [0.15, 0.2) is 53.0 Å². The summed E-state index contributed by atoms with van der Waals surface area (Å²) in [4.78, 5) is 11.9. The predicted octanol–water partition coefficient (Wildman–Crippen LogP) is 3.49. The summed E-state index contributed by atoms with van der Waals surface area (Å²) in [5.74, 6) is 0.421. The molecule has 0 aromatic heterocycles. The quantitative estimate of drug-likeness (QED) is 0.869. The number of carbonyl (C=O) groups excluding carboxylic acids is 1. The first-order chi connectivity index (χ1) is 10.1. The monoisotopic (exact) mass is 348 g/mol. The summed E-state index contributed by atoms with van der Waals surface area (Å²) < 4.78 is 6.46. The fourth-order valence-electron chi connectivity index (χ4n) is 1.89. The van der Waals surface area contributed by atoms with Gasteiger partial charge in [-0.05, 0) is 31.2 Å². The smallest absolute Gasteiger partial charge is 0.262 e. The Kier molecular flexibility index (Phi) is 5.36. The van der Waals surface area contributed by atoms with Crippen LogP contribution in [-0.4, -0.2) is 12.5 Å². The predicted molar refractivity (Wildman–Crippen MR) is 87.3 cm³/mol. The third-order valence-corrected chi connectivity index (χ3v) is 3.37. The van der Waals surface area contributed by atoms with Crippen molar-refractivity contribution in [2.45, 2.75) is 13.0 Å². The van der Waals surface area contributed by atoms with Gasteiger partial charge in [-0.2, -0.15) is 0 Å². The molecule has 110 valence electrons. The normalized spacial score (nSPS) is 11.8. The molecule has 0 spiro atoms. The zero-order valence-corrected chi connectivity index (χ0v) is 13.3. The second kappa shape index (κ2) is 7.24. The van der Waals surface area contributed by atoms with Gasteiger partial charge in [0, 0.05) is 21.8 Å². The molecule has 5 heteroatoms. The van der Waals surface area contributed by atoms with Crippen LogP contribution in [0, 0.1) is 0 Å². The molecule has 1 atom stereocenters. The van der Waals surface area contributed by atoms with E-state index >= 15 is 0 Å². The molecular formula is C16H17BrN2O2. The van der Waals surface area contributed by atoms with Crippen LogP contribution in [0.3, 0.4) is 0 Å². The van der Waals surface area contributed by atoms with E-state index in [4.69, 9.17) is 10.5 Å². The van der Waals surface area contributed by atoms with Crippen LogP contribution in [0.25, 0.3) is 0 Å². The average molecular weight is 349 g/mol. The summed E-state index contributed by atoms with van der Waals surface area (Å²) in [6, 6.07) is 14.7. The molecule has 0 aliphatic carbocycles. The number of ether oxygens (including phenoxy) is 1. The number of nitrogens with one attached hydrogen (secondary N) is 1. The minimum absolute atomic E-state index is 0.0593. The van der Waals surface area contributed by atoms with Gasteiger partial charge < -0.3 is 15.8 Å². The van der Waals surface area contributed by atoms with Crippen molar-refractivity contribution in [1.29, 1.82) is 0 Å². The largest absolute Gasteiger partial charge is 0.483 e. The van der Waals surface area contributed by atoms with Crippen molar-refractivity contribution in [3.05, 3.63) is 58.6 Å². The molecule has 0 bridgehead atoms. The van der Waals surface area contributed by atoms with Crippen molar-refractivity contribution >= 4 is 27.5 Å². The van der Waals surface area contributed by atoms with E-state index < -0.39 is 0 Å². The van der Waals surface area contributed by atoms with Crippen molar-refractivity contribution < 1.29 is 9.53 Å². The Morgan fingerprint density at radius 1 is 1.29 bits per heavy atom. The number of hydrogen-bond donors (Lipinski definition) is 2. The fraction of sp³-hybridized carbons (Fsp3) is 0.188. The van der Waals surface area contributed by atoms with E-state index in [0.29, 0.717) is 5.75 Å². The van der Waals surface area contributed by atoms with Crippen molar-refractivity contribution in [3.8, 4) is 5.75 Å². The van der Waals surface area contributed by atoms with Crippen LogP contribution in [0.4, 0.5) is 5.69 Å². The lowest BCUT2D eigenvalue weighted by Gasteiger charge is -2.13. The van der Waals surface area contributed by atoms with Crippen molar-refractivity contribution in [1.82, 2.24) is 0 Å². The number of hydrogen-bond acceptors (Lipinski definition) is 3. The highest BCUT2D eigenvalue weighted by molar-refractivity contribution is 9.10. The Bertz CT molecular complexity index is 629. The van der Waals surface area contributed by atoms with Gasteiger partial charge in [0.1, 0.15) is 5.75 Å². The van der Waals surface area contributed by atoms with Crippen LogP contribution in [0.2, 0.25) is 0 Å². The lowest BCUT2D eigenvalue weighted by molar-refractivity contribution is -0.118. The Hall–Kier alpha value is -1.85. The molecule has 0 saturated carbocycles. The molecule has 3 N–H and O–H groups in total. The highest BCUT2D eigenvalue weighted by atomic mass is 79.9. The van der Waals surface area contributed by atoms with Crippen molar-refractivity contribution in [3.63, 3.8) is 0 Å². The molecule has 0 radical (unpaired) electrons. The first kappa shape index (κ1) is 15.5. The van der Waals surface area contributed by atoms with Gasteiger partial charge in [-0.3, -0.25) is 4.79 Å². The molecule has 2 aromatic rings. The Morgan fingerprint density at radius 3 is 2.76 bits per heavy atom. The highest BCUT2D eigenvalue weighted by Gasteiger charge is 2.09. The standard InChI is InChI=1S/C16H17BrN2O2/c1-11(18)14-7-2-3-8-15(14)21-10-16(20)19-13-6-4-5-12(17)9-13/h2-9,11H,10,18H2,1H3,(H,19,20). The van der Waals surface area contributed by atoms with E-state index in [2.05, 4.69) is 21.2 Å². The number of amides is 1. The summed E-state index contributed by atoms with van der Waals surface area (Å²) in [5, 5.41) is 2.78. The maximum atomic E-state index is 11.9. The van der Waals surface area contributed by atoms with Gasteiger partial charge in [-0.1, -0.05) is 40.2 Å². The number of anilines is 1. The Labute approximate surface area is 132 Å². The molecule has 0 fully saturated rings. The van der Waals surface area contributed by atoms with E-state index in [1.54, 1.807) is 0 Å². The summed E-state index contributed by atoms with van der Waals surface area (Å²) >= 11 is 3.36. The molecule has 0 aliphatic heterocycles. The second-order valence-electron chi connectivity index (χ2n) is 4.67. The van der Waals surface area contributed by atoms with E-state index in [1.165, 1.54) is 0 Å². The van der Waals surface area contributed by atoms with E-state index in [0.717, 1.165) is 15.7 Å². The van der Waals surface area contributed by atoms with Gasteiger partial charge in [0.2, 0.25) is 0 Å². The molecule has 21 heavy (non-hydrogen) atoms. The minimum Gasteiger partial charge on any atom is -0.483 e. The van der Waals surface area contributed by atoms with Crippen LogP contribution in [-0.2, 0) is 4.79 Å². The summed E-state index contributed by atoms with van der Waals surface area (Å²) in [6.45, 7) is 1.82. The van der Waals surface area contributed by atoms with Crippen LogP contribution in [0.1, 0.15) is 18.5 Å². The van der Waals surface area contributed by atoms with Gasteiger partial charge in [0.25, 0.3) is 5.91 Å². The van der Waals surface area contributed by atoms with E-state index in [-0.39, 0.29) is 18.6 Å². The highest BCUT2D eigenvalue weighted by Crippen LogP contribution is 2.23. The molecule has 4 nitrogen and oxygen atoms in total. The fourth-order valence-corrected chi connectivity index (χ4v) is 2.29. The maximum absolute atomic E-state index is 11.9. The Morgan fingerprint density at radius 2 is 2.05 bits per heavy atom. The molecule has 1 unspecified atom stereocenters.